The van der Waals surface area contributed by atoms with Crippen LogP contribution in [0.4, 0.5) is 0 Å². The van der Waals surface area contributed by atoms with Gasteiger partial charge in [0, 0.05) is 18.0 Å². The molecule has 0 bridgehead atoms. The number of hydrogen-bond acceptors (Lipinski definition) is 2. The number of nitrogens with zero attached hydrogens (tertiary/aromatic N) is 2. The van der Waals surface area contributed by atoms with Gasteiger partial charge in [0.2, 0.25) is 0 Å². The summed E-state index contributed by atoms with van der Waals surface area (Å²) in [5.74, 6) is 0.645. The fourth-order valence-corrected chi connectivity index (χ4v) is 1.38. The third-order valence-electron chi connectivity index (χ3n) is 1.74. The molecule has 0 amide bonds. The Kier molecular flexibility index (Phi) is 2.66. The molecule has 1 aromatic carbocycles. The highest BCUT2D eigenvalue weighted by atomic mass is 35.5. The van der Waals surface area contributed by atoms with Crippen LogP contribution in [-0.4, -0.2) is 9.97 Å². The van der Waals surface area contributed by atoms with Crippen molar-refractivity contribution in [3.8, 4) is 11.4 Å². The zero-order valence-corrected chi connectivity index (χ0v) is 8.63. The van der Waals surface area contributed by atoms with Gasteiger partial charge in [-0.15, -0.1) is 0 Å². The molecule has 2 aromatic rings. The van der Waals surface area contributed by atoms with Crippen LogP contribution in [0.1, 0.15) is 0 Å². The quantitative estimate of drug-likeness (QED) is 0.742. The number of hydrogen-bond donors (Lipinski definition) is 0. The lowest BCUT2D eigenvalue weighted by atomic mass is 10.2. The molecular formula is C10H6Cl2N2. The predicted octanol–water partition coefficient (Wildman–Crippen LogP) is 3.45. The van der Waals surface area contributed by atoms with Gasteiger partial charge in [0.15, 0.2) is 5.82 Å². The molecule has 0 N–H and O–H groups in total. The molecule has 1 aromatic heterocycles. The summed E-state index contributed by atoms with van der Waals surface area (Å²) in [4.78, 5) is 8.21. The predicted molar refractivity (Wildman–Crippen MR) is 57.5 cm³/mol. The third-order valence-corrected chi connectivity index (χ3v) is 2.48. The second-order valence-electron chi connectivity index (χ2n) is 2.70. The van der Waals surface area contributed by atoms with Crippen LogP contribution in [0.5, 0.6) is 0 Å². The Hall–Kier alpha value is -1.12. The molecule has 2 rings (SSSR count). The molecule has 70 valence electrons. The van der Waals surface area contributed by atoms with Gasteiger partial charge in [0.1, 0.15) is 0 Å². The largest absolute Gasteiger partial charge is 0.237 e. The first-order valence-corrected chi connectivity index (χ1v) is 4.75. The normalized spacial score (nSPS) is 10.1. The van der Waals surface area contributed by atoms with Gasteiger partial charge in [-0.1, -0.05) is 23.2 Å². The van der Waals surface area contributed by atoms with Gasteiger partial charge < -0.3 is 0 Å². The van der Waals surface area contributed by atoms with Crippen LogP contribution in [0, 0.1) is 0 Å². The fourth-order valence-electron chi connectivity index (χ4n) is 1.08. The molecule has 0 aliphatic carbocycles. The molecule has 0 saturated carbocycles. The lowest BCUT2D eigenvalue weighted by Gasteiger charge is -2.00. The Morgan fingerprint density at radius 3 is 2.29 bits per heavy atom. The van der Waals surface area contributed by atoms with E-state index in [0.29, 0.717) is 15.9 Å². The fraction of sp³-hybridized carbons (Fsp3) is 0. The van der Waals surface area contributed by atoms with Crippen molar-refractivity contribution in [3.05, 3.63) is 46.7 Å². The zero-order chi connectivity index (χ0) is 9.97. The van der Waals surface area contributed by atoms with Crippen LogP contribution in [0.15, 0.2) is 36.7 Å². The molecule has 0 atom stereocenters. The summed E-state index contributed by atoms with van der Waals surface area (Å²) in [7, 11) is 0. The summed E-state index contributed by atoms with van der Waals surface area (Å²) < 4.78 is 0. The monoisotopic (exact) mass is 224 g/mol. The molecule has 2 nitrogen and oxygen atoms in total. The molecule has 0 fully saturated rings. The van der Waals surface area contributed by atoms with Crippen molar-refractivity contribution < 1.29 is 0 Å². The second kappa shape index (κ2) is 3.95. The standard InChI is InChI=1S/C10H6Cl2N2/c11-8-3-2-7(6-9(8)12)10-13-4-1-5-14-10/h1-6H. The third kappa shape index (κ3) is 1.86. The second-order valence-corrected chi connectivity index (χ2v) is 3.52. The van der Waals surface area contributed by atoms with E-state index in [9.17, 15) is 0 Å². The first-order chi connectivity index (χ1) is 6.77. The average Bonchev–Trinajstić information content (AvgIpc) is 2.23. The van der Waals surface area contributed by atoms with Gasteiger partial charge in [-0.25, -0.2) is 9.97 Å². The average molecular weight is 225 g/mol. The van der Waals surface area contributed by atoms with Gasteiger partial charge in [0.25, 0.3) is 0 Å². The maximum atomic E-state index is 5.88. The summed E-state index contributed by atoms with van der Waals surface area (Å²) in [6, 6.07) is 7.08. The number of rotatable bonds is 1. The van der Waals surface area contributed by atoms with Crippen molar-refractivity contribution in [1.82, 2.24) is 9.97 Å². The van der Waals surface area contributed by atoms with E-state index in [1.165, 1.54) is 0 Å². The van der Waals surface area contributed by atoms with Gasteiger partial charge >= 0.3 is 0 Å². The zero-order valence-electron chi connectivity index (χ0n) is 7.11. The first kappa shape index (κ1) is 9.44. The van der Waals surface area contributed by atoms with E-state index in [2.05, 4.69) is 9.97 Å². The molecule has 0 saturated heterocycles. The smallest absolute Gasteiger partial charge is 0.159 e. The van der Waals surface area contributed by atoms with Crippen molar-refractivity contribution in [2.24, 2.45) is 0 Å². The number of benzene rings is 1. The molecule has 0 aliphatic rings. The maximum Gasteiger partial charge on any atom is 0.159 e. The minimum absolute atomic E-state index is 0.511. The van der Waals surface area contributed by atoms with E-state index in [4.69, 9.17) is 23.2 Å². The number of halogens is 2. The highest BCUT2D eigenvalue weighted by Gasteiger charge is 2.02. The summed E-state index contributed by atoms with van der Waals surface area (Å²) in [5, 5.41) is 1.04. The Morgan fingerprint density at radius 1 is 0.929 bits per heavy atom. The van der Waals surface area contributed by atoms with Crippen molar-refractivity contribution in [3.63, 3.8) is 0 Å². The van der Waals surface area contributed by atoms with Gasteiger partial charge in [-0.2, -0.15) is 0 Å². The molecule has 4 heteroatoms. The first-order valence-electron chi connectivity index (χ1n) is 4.00. The van der Waals surface area contributed by atoms with Crippen LogP contribution in [-0.2, 0) is 0 Å². The van der Waals surface area contributed by atoms with Crippen molar-refractivity contribution in [1.29, 1.82) is 0 Å². The molecule has 14 heavy (non-hydrogen) atoms. The Balaban J connectivity index is 2.48. The Morgan fingerprint density at radius 2 is 1.64 bits per heavy atom. The van der Waals surface area contributed by atoms with Crippen molar-refractivity contribution >= 4 is 23.2 Å². The summed E-state index contributed by atoms with van der Waals surface area (Å²) in [6.45, 7) is 0. The van der Waals surface area contributed by atoms with E-state index in [-0.39, 0.29) is 0 Å². The maximum absolute atomic E-state index is 5.88. The van der Waals surface area contributed by atoms with E-state index in [0.717, 1.165) is 5.56 Å². The molecule has 0 radical (unpaired) electrons. The Labute approximate surface area is 91.5 Å². The van der Waals surface area contributed by atoms with Crippen molar-refractivity contribution in [2.45, 2.75) is 0 Å². The molecule has 0 aliphatic heterocycles. The van der Waals surface area contributed by atoms with E-state index in [1.807, 2.05) is 6.07 Å². The molecular weight excluding hydrogens is 219 g/mol. The molecule has 1 heterocycles. The van der Waals surface area contributed by atoms with Crippen LogP contribution in [0.3, 0.4) is 0 Å². The summed E-state index contributed by atoms with van der Waals surface area (Å²) >= 11 is 11.7. The van der Waals surface area contributed by atoms with Gasteiger partial charge in [-0.05, 0) is 24.3 Å². The van der Waals surface area contributed by atoms with Crippen LogP contribution in [0.2, 0.25) is 10.0 Å². The number of aromatic nitrogens is 2. The molecule has 0 unspecified atom stereocenters. The molecule has 0 spiro atoms. The highest BCUT2D eigenvalue weighted by Crippen LogP contribution is 2.26. The Bertz CT molecular complexity index is 443. The lowest BCUT2D eigenvalue weighted by molar-refractivity contribution is 1.18. The van der Waals surface area contributed by atoms with Gasteiger partial charge in [0.05, 0.1) is 10.0 Å². The van der Waals surface area contributed by atoms with Crippen molar-refractivity contribution in [2.75, 3.05) is 0 Å². The van der Waals surface area contributed by atoms with Gasteiger partial charge in [-0.3, -0.25) is 0 Å². The van der Waals surface area contributed by atoms with E-state index >= 15 is 0 Å². The van der Waals surface area contributed by atoms with E-state index in [1.54, 1.807) is 30.6 Å². The minimum atomic E-state index is 0.511. The summed E-state index contributed by atoms with van der Waals surface area (Å²) in [5.41, 5.74) is 0.861. The van der Waals surface area contributed by atoms with Crippen LogP contribution < -0.4 is 0 Å². The SMILES string of the molecule is Clc1ccc(-c2ncccn2)cc1Cl. The van der Waals surface area contributed by atoms with E-state index < -0.39 is 0 Å². The highest BCUT2D eigenvalue weighted by molar-refractivity contribution is 6.42. The van der Waals surface area contributed by atoms with Crippen LogP contribution in [0.25, 0.3) is 11.4 Å². The van der Waals surface area contributed by atoms with Crippen LogP contribution >= 0.6 is 23.2 Å². The topological polar surface area (TPSA) is 25.8 Å². The minimum Gasteiger partial charge on any atom is -0.237 e. The summed E-state index contributed by atoms with van der Waals surface area (Å²) in [6.07, 6.45) is 3.37. The lowest BCUT2D eigenvalue weighted by Crippen LogP contribution is -1.86.